The van der Waals surface area contributed by atoms with Gasteiger partial charge in [0.1, 0.15) is 11.6 Å². The number of hydrogen-bond acceptors (Lipinski definition) is 2. The predicted octanol–water partition coefficient (Wildman–Crippen LogP) is 2.58. The van der Waals surface area contributed by atoms with E-state index in [1.54, 1.807) is 0 Å². The molecule has 0 radical (unpaired) electrons. The van der Waals surface area contributed by atoms with Gasteiger partial charge in [0.25, 0.3) is 0 Å². The predicted molar refractivity (Wildman–Crippen MR) is 43.3 cm³/mol. The van der Waals surface area contributed by atoms with Crippen LogP contribution in [0, 0.1) is 5.82 Å². The van der Waals surface area contributed by atoms with Crippen molar-refractivity contribution in [3.05, 3.63) is 29.6 Å². The van der Waals surface area contributed by atoms with Gasteiger partial charge in [-0.15, -0.1) is 0 Å². The first-order chi connectivity index (χ1) is 6.92. The number of aldehydes is 1. The second-order valence-corrected chi connectivity index (χ2v) is 2.71. The number of halogens is 4. The van der Waals surface area contributed by atoms with E-state index in [2.05, 4.69) is 4.74 Å². The highest BCUT2D eigenvalue weighted by Crippen LogP contribution is 2.20. The van der Waals surface area contributed by atoms with Crippen molar-refractivity contribution in [3.8, 4) is 5.75 Å². The first kappa shape index (κ1) is 11.5. The molecule has 1 aromatic rings. The van der Waals surface area contributed by atoms with Gasteiger partial charge in [-0.25, -0.2) is 4.39 Å². The second-order valence-electron chi connectivity index (χ2n) is 2.71. The van der Waals surface area contributed by atoms with Crippen LogP contribution in [0.1, 0.15) is 10.4 Å². The first-order valence-electron chi connectivity index (χ1n) is 3.86. The van der Waals surface area contributed by atoms with Crippen LogP contribution in [0.2, 0.25) is 0 Å². The van der Waals surface area contributed by atoms with Crippen molar-refractivity contribution in [2.75, 3.05) is 6.61 Å². The lowest BCUT2D eigenvalue weighted by molar-refractivity contribution is -0.153. The molecule has 0 spiro atoms. The molecule has 2 nitrogen and oxygen atoms in total. The summed E-state index contributed by atoms with van der Waals surface area (Å²) < 4.78 is 52.3. The number of ether oxygens (including phenoxy) is 1. The van der Waals surface area contributed by atoms with Crippen LogP contribution in [0.25, 0.3) is 0 Å². The highest BCUT2D eigenvalue weighted by atomic mass is 19.4. The van der Waals surface area contributed by atoms with Gasteiger partial charge in [-0.2, -0.15) is 13.2 Å². The normalized spacial score (nSPS) is 11.2. The van der Waals surface area contributed by atoms with Crippen molar-refractivity contribution in [1.82, 2.24) is 0 Å². The molecule has 1 rings (SSSR count). The Morgan fingerprint density at radius 3 is 2.47 bits per heavy atom. The van der Waals surface area contributed by atoms with E-state index in [1.807, 2.05) is 0 Å². The molecule has 0 fully saturated rings. The quantitative estimate of drug-likeness (QED) is 0.580. The molecular weight excluding hydrogens is 216 g/mol. The number of rotatable bonds is 3. The van der Waals surface area contributed by atoms with Crippen molar-refractivity contribution < 1.29 is 27.1 Å². The van der Waals surface area contributed by atoms with Crippen LogP contribution in [0.4, 0.5) is 17.6 Å². The lowest BCUT2D eigenvalue weighted by Gasteiger charge is -2.09. The van der Waals surface area contributed by atoms with Crippen LogP contribution < -0.4 is 4.74 Å². The summed E-state index contributed by atoms with van der Waals surface area (Å²) in [6, 6.07) is 2.88. The molecule has 0 amide bonds. The Hall–Kier alpha value is -1.59. The Labute approximate surface area is 82.5 Å². The van der Waals surface area contributed by atoms with Gasteiger partial charge in [-0.3, -0.25) is 4.79 Å². The summed E-state index contributed by atoms with van der Waals surface area (Å²) in [6.07, 6.45) is -4.21. The monoisotopic (exact) mass is 222 g/mol. The van der Waals surface area contributed by atoms with Crippen molar-refractivity contribution in [1.29, 1.82) is 0 Å². The summed E-state index contributed by atoms with van der Waals surface area (Å²) in [5, 5.41) is 0. The zero-order chi connectivity index (χ0) is 11.5. The van der Waals surface area contributed by atoms with Crippen molar-refractivity contribution >= 4 is 6.29 Å². The van der Waals surface area contributed by atoms with Crippen LogP contribution in [-0.4, -0.2) is 19.1 Å². The molecule has 1 aromatic carbocycles. The summed E-state index contributed by atoms with van der Waals surface area (Å²) >= 11 is 0. The molecule has 0 aliphatic rings. The zero-order valence-corrected chi connectivity index (χ0v) is 7.34. The molecule has 15 heavy (non-hydrogen) atoms. The number of alkyl halides is 3. The van der Waals surface area contributed by atoms with Crippen molar-refractivity contribution in [2.24, 2.45) is 0 Å². The van der Waals surface area contributed by atoms with Crippen LogP contribution in [0.3, 0.4) is 0 Å². The topological polar surface area (TPSA) is 26.3 Å². The summed E-state index contributed by atoms with van der Waals surface area (Å²) in [5.74, 6) is -1.18. The van der Waals surface area contributed by atoms with Gasteiger partial charge in [-0.05, 0) is 12.1 Å². The third kappa shape index (κ3) is 3.57. The van der Waals surface area contributed by atoms with Crippen molar-refractivity contribution in [3.63, 3.8) is 0 Å². The second kappa shape index (κ2) is 4.29. The highest BCUT2D eigenvalue weighted by molar-refractivity contribution is 5.75. The number of carbonyl (C=O) groups is 1. The van der Waals surface area contributed by atoms with E-state index in [4.69, 9.17) is 0 Å². The van der Waals surface area contributed by atoms with Gasteiger partial charge in [0.05, 0.1) is 5.56 Å². The van der Waals surface area contributed by atoms with Gasteiger partial charge < -0.3 is 4.74 Å². The van der Waals surface area contributed by atoms with E-state index >= 15 is 0 Å². The molecule has 0 heterocycles. The lowest BCUT2D eigenvalue weighted by Crippen LogP contribution is -2.19. The fraction of sp³-hybridized carbons (Fsp3) is 0.222. The molecule has 0 atom stereocenters. The fourth-order valence-electron chi connectivity index (χ4n) is 0.858. The summed E-state index contributed by atoms with van der Waals surface area (Å²) in [4.78, 5) is 10.2. The number of hydrogen-bond donors (Lipinski definition) is 0. The number of benzene rings is 1. The highest BCUT2D eigenvalue weighted by Gasteiger charge is 2.28. The largest absolute Gasteiger partial charge is 0.484 e. The maximum atomic E-state index is 12.9. The standard InChI is InChI=1S/C9H6F4O2/c10-8-3-7(2-1-6(8)4-14)15-5-9(11,12)13/h1-4H,5H2. The molecule has 0 aromatic heterocycles. The molecule has 0 aliphatic carbocycles. The number of carbonyl (C=O) groups excluding carboxylic acids is 1. The Morgan fingerprint density at radius 1 is 1.33 bits per heavy atom. The minimum Gasteiger partial charge on any atom is -0.484 e. The molecule has 0 unspecified atom stereocenters. The van der Waals surface area contributed by atoms with E-state index < -0.39 is 18.6 Å². The molecule has 0 saturated heterocycles. The van der Waals surface area contributed by atoms with Crippen LogP contribution >= 0.6 is 0 Å². The molecule has 0 aliphatic heterocycles. The van der Waals surface area contributed by atoms with Gasteiger partial charge in [0.15, 0.2) is 12.9 Å². The Bertz CT molecular complexity index is 360. The van der Waals surface area contributed by atoms with E-state index in [9.17, 15) is 22.4 Å². The Morgan fingerprint density at radius 2 is 2.00 bits per heavy atom. The minimum atomic E-state index is -4.47. The first-order valence-corrected chi connectivity index (χ1v) is 3.86. The van der Waals surface area contributed by atoms with Gasteiger partial charge in [-0.1, -0.05) is 0 Å². The van der Waals surface area contributed by atoms with Crippen LogP contribution in [0.5, 0.6) is 5.75 Å². The van der Waals surface area contributed by atoms with Gasteiger partial charge >= 0.3 is 6.18 Å². The zero-order valence-electron chi connectivity index (χ0n) is 7.34. The van der Waals surface area contributed by atoms with E-state index in [1.165, 1.54) is 0 Å². The summed E-state index contributed by atoms with van der Waals surface area (Å²) in [5.41, 5.74) is -0.227. The minimum absolute atomic E-state index is 0.227. The average Bonchev–Trinajstić information content (AvgIpc) is 2.14. The Balaban J connectivity index is 2.72. The molecular formula is C9H6F4O2. The third-order valence-electron chi connectivity index (χ3n) is 1.50. The van der Waals surface area contributed by atoms with E-state index in [0.29, 0.717) is 0 Å². The third-order valence-corrected chi connectivity index (χ3v) is 1.50. The maximum absolute atomic E-state index is 12.9. The van der Waals surface area contributed by atoms with Gasteiger partial charge in [0.2, 0.25) is 0 Å². The maximum Gasteiger partial charge on any atom is 0.422 e. The molecule has 6 heteroatoms. The molecule has 0 bridgehead atoms. The summed E-state index contributed by atoms with van der Waals surface area (Å²) in [7, 11) is 0. The smallest absolute Gasteiger partial charge is 0.422 e. The van der Waals surface area contributed by atoms with E-state index in [0.717, 1.165) is 18.2 Å². The molecule has 0 N–H and O–H groups in total. The van der Waals surface area contributed by atoms with Crippen LogP contribution in [-0.2, 0) is 0 Å². The average molecular weight is 222 g/mol. The van der Waals surface area contributed by atoms with Crippen LogP contribution in [0.15, 0.2) is 18.2 Å². The van der Waals surface area contributed by atoms with Crippen molar-refractivity contribution in [2.45, 2.75) is 6.18 Å². The molecule has 82 valence electrons. The Kier molecular flexibility index (Phi) is 3.28. The van der Waals surface area contributed by atoms with E-state index in [-0.39, 0.29) is 17.6 Å². The fourth-order valence-corrected chi connectivity index (χ4v) is 0.858. The SMILES string of the molecule is O=Cc1ccc(OCC(F)(F)F)cc1F. The lowest BCUT2D eigenvalue weighted by atomic mass is 10.2. The van der Waals surface area contributed by atoms with Gasteiger partial charge in [0, 0.05) is 6.07 Å². The molecule has 0 saturated carbocycles. The summed E-state index contributed by atoms with van der Waals surface area (Å²) in [6.45, 7) is -1.49.